The molecule has 0 fully saturated rings. The quantitative estimate of drug-likeness (QED) is 0.270. The van der Waals surface area contributed by atoms with Crippen LogP contribution in [0.3, 0.4) is 0 Å². The predicted octanol–water partition coefficient (Wildman–Crippen LogP) is 5.94. The van der Waals surface area contributed by atoms with Gasteiger partial charge in [0.05, 0.1) is 0 Å². The van der Waals surface area contributed by atoms with Crippen molar-refractivity contribution < 1.29 is 10.2 Å². The minimum absolute atomic E-state index is 0.167. The molecule has 3 aromatic rings. The summed E-state index contributed by atoms with van der Waals surface area (Å²) in [5.74, 6) is 0.374. The molecule has 3 rings (SSSR count). The second kappa shape index (κ2) is 6.49. The lowest BCUT2D eigenvalue weighted by molar-refractivity contribution is 0.467. The summed E-state index contributed by atoms with van der Waals surface area (Å²) in [5.41, 5.74) is 3.95. The van der Waals surface area contributed by atoms with Gasteiger partial charge in [-0.25, -0.2) is 0 Å². The minimum atomic E-state index is 0.167. The number of benzene rings is 3. The first kappa shape index (κ1) is 16.3. The smallest absolute Gasteiger partial charge is 0.126 e. The molecule has 0 saturated heterocycles. The highest BCUT2D eigenvalue weighted by Crippen LogP contribution is 2.46. The van der Waals surface area contributed by atoms with E-state index in [9.17, 15) is 10.2 Å². The number of fused-ring (bicyclic) bond motifs is 1. The van der Waals surface area contributed by atoms with E-state index in [-0.39, 0.29) is 11.5 Å². The molecule has 0 atom stereocenters. The van der Waals surface area contributed by atoms with Crippen molar-refractivity contribution >= 4 is 46.8 Å². The monoisotopic (exact) mass is 437 g/mol. The van der Waals surface area contributed by atoms with Gasteiger partial charge in [0.15, 0.2) is 0 Å². The van der Waals surface area contributed by atoms with E-state index in [0.717, 1.165) is 27.6 Å². The molecule has 3 N–H and O–H groups in total. The van der Waals surface area contributed by atoms with Crippen molar-refractivity contribution in [1.29, 1.82) is 0 Å². The molecule has 3 aromatic carbocycles. The van der Waals surface area contributed by atoms with Crippen molar-refractivity contribution in [3.05, 3.63) is 53.6 Å². The zero-order valence-electron chi connectivity index (χ0n) is 12.7. The van der Waals surface area contributed by atoms with Crippen molar-refractivity contribution in [3.63, 3.8) is 0 Å². The van der Waals surface area contributed by atoms with E-state index >= 15 is 0 Å². The van der Waals surface area contributed by atoms with Gasteiger partial charge in [0.25, 0.3) is 0 Å². The Labute approximate surface area is 151 Å². The predicted molar refractivity (Wildman–Crippen MR) is 107 cm³/mol. The molecule has 0 aliphatic rings. The largest absolute Gasteiger partial charge is 0.507 e. The van der Waals surface area contributed by atoms with E-state index in [2.05, 4.69) is 25.9 Å². The van der Waals surface area contributed by atoms with Crippen molar-refractivity contribution in [2.24, 2.45) is 0 Å². The third-order valence-electron chi connectivity index (χ3n) is 4.06. The van der Waals surface area contributed by atoms with Crippen LogP contribution in [-0.4, -0.2) is 10.2 Å². The second-order valence-electron chi connectivity index (χ2n) is 5.45. The fourth-order valence-corrected chi connectivity index (χ4v) is 3.89. The van der Waals surface area contributed by atoms with Crippen LogP contribution >= 0.6 is 30.3 Å². The SMILES string of the molecule is Cc1cc(NSI)c(C)c(-c2c(O)ccc3ccccc23)c1O. The lowest BCUT2D eigenvalue weighted by Crippen LogP contribution is -1.95. The first-order valence-corrected chi connectivity index (χ1v) is 10.5. The first-order chi connectivity index (χ1) is 11.0. The molecule has 5 heteroatoms. The first-order valence-electron chi connectivity index (χ1n) is 7.12. The van der Waals surface area contributed by atoms with Crippen molar-refractivity contribution in [1.82, 2.24) is 0 Å². The summed E-state index contributed by atoms with van der Waals surface area (Å²) in [7, 11) is 1.47. The second-order valence-corrected chi connectivity index (χ2v) is 7.13. The molecule has 0 bridgehead atoms. The molecule has 118 valence electrons. The van der Waals surface area contributed by atoms with E-state index in [4.69, 9.17) is 0 Å². The highest BCUT2D eigenvalue weighted by atomic mass is 127. The molecule has 0 heterocycles. The average molecular weight is 437 g/mol. The third-order valence-corrected chi connectivity index (χ3v) is 5.01. The number of aryl methyl sites for hydroxylation is 1. The number of nitrogens with one attached hydrogen (secondary N) is 1. The maximum absolute atomic E-state index is 10.7. The highest BCUT2D eigenvalue weighted by molar-refractivity contribution is 14.2. The number of rotatable bonds is 3. The van der Waals surface area contributed by atoms with Gasteiger partial charge in [0.2, 0.25) is 0 Å². The van der Waals surface area contributed by atoms with Crippen LogP contribution in [0, 0.1) is 13.8 Å². The molecule has 23 heavy (non-hydrogen) atoms. The topological polar surface area (TPSA) is 52.5 Å². The third kappa shape index (κ3) is 2.83. The average Bonchev–Trinajstić information content (AvgIpc) is 2.55. The molecule has 0 radical (unpaired) electrons. The minimum Gasteiger partial charge on any atom is -0.507 e. The fraction of sp³-hybridized carbons (Fsp3) is 0.111. The maximum Gasteiger partial charge on any atom is 0.126 e. The van der Waals surface area contributed by atoms with Crippen LogP contribution in [0.25, 0.3) is 21.9 Å². The van der Waals surface area contributed by atoms with E-state index in [1.54, 1.807) is 6.07 Å². The maximum atomic E-state index is 10.7. The molecule has 0 aliphatic carbocycles. The summed E-state index contributed by atoms with van der Waals surface area (Å²) in [6.45, 7) is 3.81. The Bertz CT molecular complexity index is 896. The summed E-state index contributed by atoms with van der Waals surface area (Å²) >= 11 is 2.17. The normalized spacial score (nSPS) is 10.9. The van der Waals surface area contributed by atoms with Crippen LogP contribution in [0.4, 0.5) is 5.69 Å². The van der Waals surface area contributed by atoms with E-state index in [1.807, 2.05) is 50.2 Å². The van der Waals surface area contributed by atoms with Crippen LogP contribution in [0.15, 0.2) is 42.5 Å². The Morgan fingerprint density at radius 3 is 2.48 bits per heavy atom. The van der Waals surface area contributed by atoms with Gasteiger partial charge in [-0.2, -0.15) is 0 Å². The number of halogens is 1. The molecule has 0 aromatic heterocycles. The summed E-state index contributed by atoms with van der Waals surface area (Å²) in [5, 5.41) is 23.1. The summed E-state index contributed by atoms with van der Waals surface area (Å²) in [6.07, 6.45) is 0. The fourth-order valence-electron chi connectivity index (χ4n) is 2.88. The lowest BCUT2D eigenvalue weighted by Gasteiger charge is -2.18. The van der Waals surface area contributed by atoms with Gasteiger partial charge in [0, 0.05) is 47.1 Å². The molecule has 0 saturated carbocycles. The van der Waals surface area contributed by atoms with Crippen molar-refractivity contribution in [2.75, 3.05) is 4.72 Å². The van der Waals surface area contributed by atoms with Crippen LogP contribution in [0.5, 0.6) is 11.5 Å². The number of hydrogen-bond donors (Lipinski definition) is 3. The Kier molecular flexibility index (Phi) is 4.59. The zero-order chi connectivity index (χ0) is 16.6. The summed E-state index contributed by atoms with van der Waals surface area (Å²) in [4.78, 5) is 0. The molecule has 0 spiro atoms. The molecular weight excluding hydrogens is 421 g/mol. The number of anilines is 1. The summed E-state index contributed by atoms with van der Waals surface area (Å²) < 4.78 is 3.23. The lowest BCUT2D eigenvalue weighted by atomic mass is 9.91. The van der Waals surface area contributed by atoms with Gasteiger partial charge >= 0.3 is 0 Å². The van der Waals surface area contributed by atoms with Gasteiger partial charge in [0.1, 0.15) is 11.5 Å². The Morgan fingerprint density at radius 1 is 1.00 bits per heavy atom. The van der Waals surface area contributed by atoms with Gasteiger partial charge < -0.3 is 14.9 Å². The van der Waals surface area contributed by atoms with Crippen molar-refractivity contribution in [3.8, 4) is 22.6 Å². The molecule has 3 nitrogen and oxygen atoms in total. The van der Waals surface area contributed by atoms with Gasteiger partial charge in [-0.05, 0) is 47.9 Å². The van der Waals surface area contributed by atoms with Crippen LogP contribution in [0.2, 0.25) is 0 Å². The number of aromatic hydroxyl groups is 2. The Morgan fingerprint density at radius 2 is 1.74 bits per heavy atom. The molecular formula is C18H16INO2S. The summed E-state index contributed by atoms with van der Waals surface area (Å²) in [6, 6.07) is 13.3. The number of hydrogen-bond acceptors (Lipinski definition) is 4. The van der Waals surface area contributed by atoms with E-state index in [0.29, 0.717) is 11.1 Å². The molecule has 0 unspecified atom stereocenters. The molecule has 0 aliphatic heterocycles. The Hall–Kier alpha value is -1.60. The number of phenolic OH excluding ortho intramolecular Hbond substituents is 2. The van der Waals surface area contributed by atoms with E-state index < -0.39 is 0 Å². The number of phenols is 2. The zero-order valence-corrected chi connectivity index (χ0v) is 15.7. The van der Waals surface area contributed by atoms with Crippen LogP contribution < -0.4 is 4.72 Å². The van der Waals surface area contributed by atoms with Crippen LogP contribution in [0.1, 0.15) is 11.1 Å². The van der Waals surface area contributed by atoms with Gasteiger partial charge in [-0.1, -0.05) is 30.3 Å². The van der Waals surface area contributed by atoms with Gasteiger partial charge in [-0.15, -0.1) is 0 Å². The van der Waals surface area contributed by atoms with Crippen LogP contribution in [-0.2, 0) is 0 Å². The standard InChI is InChI=1S/C18H16INO2S/c1-10-9-14(20-23-19)11(2)16(18(10)22)17-13-6-4-3-5-12(13)7-8-15(17)21/h3-9,20-22H,1-2H3. The highest BCUT2D eigenvalue weighted by Gasteiger charge is 2.19. The van der Waals surface area contributed by atoms with Gasteiger partial charge in [-0.3, -0.25) is 0 Å². The van der Waals surface area contributed by atoms with E-state index in [1.165, 1.54) is 9.12 Å². The van der Waals surface area contributed by atoms with Crippen molar-refractivity contribution in [2.45, 2.75) is 13.8 Å². The molecule has 0 amide bonds. The Balaban J connectivity index is 2.42.